The lowest BCUT2D eigenvalue weighted by Gasteiger charge is -2.31. The number of aryl methyl sites for hydroxylation is 1. The summed E-state index contributed by atoms with van der Waals surface area (Å²) in [6, 6.07) is 5.99. The van der Waals surface area contributed by atoms with Crippen LogP contribution in [0.15, 0.2) is 46.3 Å². The maximum Gasteiger partial charge on any atom is 0.257 e. The fourth-order valence-electron chi connectivity index (χ4n) is 4.37. The molecule has 154 valence electrons. The predicted octanol–water partition coefficient (Wildman–Crippen LogP) is 3.82. The van der Waals surface area contributed by atoms with Gasteiger partial charge in [-0.25, -0.2) is 0 Å². The van der Waals surface area contributed by atoms with E-state index in [1.54, 1.807) is 10.6 Å². The largest absolute Gasteiger partial charge is 0.472 e. The Morgan fingerprint density at radius 2 is 1.83 bits per heavy atom. The van der Waals surface area contributed by atoms with Crippen molar-refractivity contribution in [1.82, 2.24) is 9.47 Å². The first-order valence-electron chi connectivity index (χ1n) is 10.7. The van der Waals surface area contributed by atoms with Gasteiger partial charge in [0.25, 0.3) is 5.91 Å². The van der Waals surface area contributed by atoms with E-state index >= 15 is 0 Å². The van der Waals surface area contributed by atoms with Crippen molar-refractivity contribution < 1.29 is 14.0 Å². The molecule has 2 fully saturated rings. The van der Waals surface area contributed by atoms with Gasteiger partial charge in [-0.2, -0.15) is 0 Å². The summed E-state index contributed by atoms with van der Waals surface area (Å²) in [5.41, 5.74) is 2.46. The molecule has 1 amide bonds. The van der Waals surface area contributed by atoms with Gasteiger partial charge in [-0.05, 0) is 56.4 Å². The third-order valence-corrected chi connectivity index (χ3v) is 6.12. The van der Waals surface area contributed by atoms with Crippen LogP contribution in [0.3, 0.4) is 0 Å². The molecule has 29 heavy (non-hydrogen) atoms. The maximum atomic E-state index is 13.3. The van der Waals surface area contributed by atoms with Crippen LogP contribution in [0, 0.1) is 12.8 Å². The molecule has 0 aromatic carbocycles. The number of hydrogen-bond donors (Lipinski definition) is 0. The van der Waals surface area contributed by atoms with Gasteiger partial charge in [0.1, 0.15) is 11.8 Å². The van der Waals surface area contributed by atoms with Gasteiger partial charge < -0.3 is 9.32 Å². The number of hydrogen-bond acceptors (Lipinski definition) is 4. The first kappa shape index (κ1) is 19.7. The van der Waals surface area contributed by atoms with Crippen LogP contribution in [0.25, 0.3) is 0 Å². The smallest absolute Gasteiger partial charge is 0.257 e. The molecule has 0 bridgehead atoms. The van der Waals surface area contributed by atoms with Crippen LogP contribution in [0.2, 0.25) is 0 Å². The Balaban J connectivity index is 1.47. The van der Waals surface area contributed by atoms with Crippen molar-refractivity contribution in [2.24, 2.45) is 10.9 Å². The zero-order valence-electron chi connectivity index (χ0n) is 17.0. The van der Waals surface area contributed by atoms with Crippen molar-refractivity contribution in [1.29, 1.82) is 0 Å². The monoisotopic (exact) mass is 395 g/mol. The summed E-state index contributed by atoms with van der Waals surface area (Å²) in [6.45, 7) is 3.21. The van der Waals surface area contributed by atoms with Gasteiger partial charge in [-0.15, -0.1) is 0 Å². The fraction of sp³-hybridized carbons (Fsp3) is 0.522. The Morgan fingerprint density at radius 1 is 1.07 bits per heavy atom. The zero-order chi connectivity index (χ0) is 20.2. The Hall–Kier alpha value is -2.63. The Labute approximate surface area is 171 Å². The molecule has 1 saturated carbocycles. The number of carbonyl (C=O) groups is 2. The average Bonchev–Trinajstić information content (AvgIpc) is 3.29. The van der Waals surface area contributed by atoms with Crippen molar-refractivity contribution in [2.45, 2.75) is 57.9 Å². The molecular formula is C23H29N3O3. The molecule has 0 atom stereocenters. The van der Waals surface area contributed by atoms with E-state index in [0.29, 0.717) is 37.5 Å². The summed E-state index contributed by atoms with van der Waals surface area (Å²) < 4.78 is 6.75. The predicted molar refractivity (Wildman–Crippen MR) is 110 cm³/mol. The molecule has 1 aliphatic heterocycles. The van der Waals surface area contributed by atoms with Crippen LogP contribution in [0.4, 0.5) is 0 Å². The minimum atomic E-state index is -0.0867. The SMILES string of the molecule is Cc1ccn(C(=O)C2CCN(C(=O)c3ccoc3)CC2)c(=NC2CCCCC2)c1. The highest BCUT2D eigenvalue weighted by atomic mass is 16.3. The molecule has 2 aliphatic rings. The summed E-state index contributed by atoms with van der Waals surface area (Å²) in [4.78, 5) is 32.5. The van der Waals surface area contributed by atoms with Gasteiger partial charge in [0.05, 0.1) is 17.9 Å². The van der Waals surface area contributed by atoms with E-state index in [1.807, 2.05) is 30.2 Å². The molecule has 0 unspecified atom stereocenters. The number of piperidine rings is 1. The van der Waals surface area contributed by atoms with Crippen molar-refractivity contribution in [3.05, 3.63) is 53.5 Å². The van der Waals surface area contributed by atoms with Crippen molar-refractivity contribution in [3.63, 3.8) is 0 Å². The van der Waals surface area contributed by atoms with Crippen molar-refractivity contribution in [3.8, 4) is 0 Å². The second-order valence-electron chi connectivity index (χ2n) is 8.27. The molecule has 4 rings (SSSR count). The summed E-state index contributed by atoms with van der Waals surface area (Å²) >= 11 is 0. The average molecular weight is 396 g/mol. The number of rotatable bonds is 3. The number of nitrogens with zero attached hydrogens (tertiary/aromatic N) is 3. The van der Waals surface area contributed by atoms with Gasteiger partial charge >= 0.3 is 0 Å². The number of amides is 1. The van der Waals surface area contributed by atoms with Crippen LogP contribution in [-0.2, 0) is 0 Å². The number of likely N-dealkylation sites (tertiary alicyclic amines) is 1. The van der Waals surface area contributed by atoms with E-state index in [4.69, 9.17) is 9.41 Å². The first-order valence-corrected chi connectivity index (χ1v) is 10.7. The second-order valence-corrected chi connectivity index (χ2v) is 8.27. The molecule has 2 aromatic rings. The normalized spacial score (nSPS) is 19.5. The quantitative estimate of drug-likeness (QED) is 0.793. The highest BCUT2D eigenvalue weighted by Gasteiger charge is 2.29. The van der Waals surface area contributed by atoms with Crippen LogP contribution < -0.4 is 5.49 Å². The third-order valence-electron chi connectivity index (χ3n) is 6.12. The minimum Gasteiger partial charge on any atom is -0.472 e. The number of pyridine rings is 1. The molecule has 0 spiro atoms. The topological polar surface area (TPSA) is 67.8 Å². The maximum absolute atomic E-state index is 13.3. The van der Waals surface area contributed by atoms with Crippen LogP contribution in [0.1, 0.15) is 65.7 Å². The first-order chi connectivity index (χ1) is 14.1. The highest BCUT2D eigenvalue weighted by molar-refractivity contribution is 5.94. The molecule has 3 heterocycles. The van der Waals surface area contributed by atoms with E-state index in [2.05, 4.69) is 0 Å². The van der Waals surface area contributed by atoms with E-state index < -0.39 is 0 Å². The van der Waals surface area contributed by atoms with Crippen LogP contribution >= 0.6 is 0 Å². The van der Waals surface area contributed by atoms with E-state index in [1.165, 1.54) is 31.8 Å². The lowest BCUT2D eigenvalue weighted by molar-refractivity contribution is 0.0618. The van der Waals surface area contributed by atoms with Gasteiger partial charge in [-0.3, -0.25) is 19.1 Å². The van der Waals surface area contributed by atoms with Gasteiger partial charge in [0.15, 0.2) is 0 Å². The lowest BCUT2D eigenvalue weighted by Crippen LogP contribution is -2.42. The second kappa shape index (κ2) is 8.80. The standard InChI is InChI=1S/C23H29N3O3/c1-17-7-13-26(21(15-17)24-20-5-3-2-4-6-20)23(28)18-8-11-25(12-9-18)22(27)19-10-14-29-16-19/h7,10,13-16,18,20H,2-6,8-9,11-12H2,1H3. The number of aromatic nitrogens is 1. The summed E-state index contributed by atoms with van der Waals surface area (Å²) in [5.74, 6) is -0.0213. The molecule has 2 aromatic heterocycles. The molecule has 0 radical (unpaired) electrons. The summed E-state index contributed by atoms with van der Waals surface area (Å²) in [7, 11) is 0. The Bertz CT molecular complexity index is 915. The third kappa shape index (κ3) is 4.52. The van der Waals surface area contributed by atoms with Crippen molar-refractivity contribution in [2.75, 3.05) is 13.1 Å². The molecule has 1 saturated heterocycles. The van der Waals surface area contributed by atoms with Gasteiger partial charge in [0, 0.05) is 25.2 Å². The van der Waals surface area contributed by atoms with Gasteiger partial charge in [0.2, 0.25) is 5.91 Å². The molecule has 0 N–H and O–H groups in total. The summed E-state index contributed by atoms with van der Waals surface area (Å²) in [5, 5.41) is 0. The van der Waals surface area contributed by atoms with Crippen LogP contribution in [-0.4, -0.2) is 40.4 Å². The fourth-order valence-corrected chi connectivity index (χ4v) is 4.37. The molecule has 6 heteroatoms. The highest BCUT2D eigenvalue weighted by Crippen LogP contribution is 2.22. The van der Waals surface area contributed by atoms with Gasteiger partial charge in [-0.1, -0.05) is 19.3 Å². The molecular weight excluding hydrogens is 366 g/mol. The molecule has 6 nitrogen and oxygen atoms in total. The number of furan rings is 1. The zero-order valence-corrected chi connectivity index (χ0v) is 17.0. The van der Waals surface area contributed by atoms with Crippen LogP contribution in [0.5, 0.6) is 0 Å². The number of carbonyl (C=O) groups excluding carboxylic acids is 2. The molecule has 1 aliphatic carbocycles. The summed E-state index contributed by atoms with van der Waals surface area (Å²) in [6.07, 6.45) is 12.1. The van der Waals surface area contributed by atoms with E-state index in [9.17, 15) is 9.59 Å². The van der Waals surface area contributed by atoms with E-state index in [-0.39, 0.29) is 17.7 Å². The minimum absolute atomic E-state index is 0.0272. The lowest BCUT2D eigenvalue weighted by atomic mass is 9.95. The van der Waals surface area contributed by atoms with Crippen molar-refractivity contribution >= 4 is 11.8 Å². The Morgan fingerprint density at radius 3 is 2.52 bits per heavy atom. The van der Waals surface area contributed by atoms with E-state index in [0.717, 1.165) is 23.9 Å². The Kier molecular flexibility index (Phi) is 5.97.